The number of carboxylic acid groups (broad SMARTS) is 1. The predicted octanol–water partition coefficient (Wildman–Crippen LogP) is 0.707. The Kier molecular flexibility index (Phi) is 3.47. The summed E-state index contributed by atoms with van der Waals surface area (Å²) in [7, 11) is 0. The van der Waals surface area contributed by atoms with E-state index >= 15 is 0 Å². The molecule has 3 aliphatic rings. The minimum atomic E-state index is -1.09. The lowest BCUT2D eigenvalue weighted by Crippen LogP contribution is -2.60. The predicted molar refractivity (Wildman–Crippen MR) is 85.4 cm³/mol. The molecule has 0 aliphatic carbocycles. The van der Waals surface area contributed by atoms with E-state index in [1.54, 1.807) is 13.1 Å². The standard InChI is InChI=1S/C14H15N3O4S2/c1-6(18)9-11(19)17-10(13(20)21)14(23-12(9)17)22-7-4-8-15-2-3-16(8)5-7/h2-3,6-7,9,12,18H,4-5H2,1H3,(H,20,21)/t6-,7-,9+,12-/m1/s1. The molecule has 9 heteroatoms. The molecule has 0 spiro atoms. The smallest absolute Gasteiger partial charge is 0.354 e. The number of amides is 1. The number of β-lactam (4-membered cyclic amide) rings is 1. The van der Waals surface area contributed by atoms with Crippen LogP contribution >= 0.6 is 23.5 Å². The third-order valence-corrected chi connectivity index (χ3v) is 7.14. The molecular weight excluding hydrogens is 338 g/mol. The molecular formula is C14H15N3O4S2. The Bertz CT molecular complexity index is 709. The number of aliphatic hydroxyl groups is 1. The highest BCUT2D eigenvalue weighted by Gasteiger charge is 2.58. The number of fused-ring (bicyclic) bond motifs is 2. The van der Waals surface area contributed by atoms with Crippen molar-refractivity contribution >= 4 is 35.4 Å². The van der Waals surface area contributed by atoms with Gasteiger partial charge in [0.2, 0.25) is 5.91 Å². The summed E-state index contributed by atoms with van der Waals surface area (Å²) in [5, 5.41) is 19.1. The molecule has 4 atom stereocenters. The molecule has 4 heterocycles. The first-order chi connectivity index (χ1) is 11.0. The van der Waals surface area contributed by atoms with E-state index in [0.29, 0.717) is 4.24 Å². The number of imidazole rings is 1. The van der Waals surface area contributed by atoms with Crippen LogP contribution in [0.5, 0.6) is 0 Å². The first-order valence-corrected chi connectivity index (χ1v) is 9.05. The second-order valence-electron chi connectivity index (χ2n) is 5.86. The molecule has 1 fully saturated rings. The molecule has 1 amide bonds. The number of rotatable bonds is 4. The lowest BCUT2D eigenvalue weighted by molar-refractivity contribution is -0.156. The Morgan fingerprint density at radius 2 is 2.35 bits per heavy atom. The Balaban J connectivity index is 1.55. The molecule has 3 aliphatic heterocycles. The average Bonchev–Trinajstić information content (AvgIpc) is 3.10. The summed E-state index contributed by atoms with van der Waals surface area (Å²) in [6, 6.07) is 0. The third-order valence-electron chi connectivity index (χ3n) is 4.35. The van der Waals surface area contributed by atoms with Crippen molar-refractivity contribution in [2.75, 3.05) is 0 Å². The van der Waals surface area contributed by atoms with E-state index in [1.807, 2.05) is 6.20 Å². The number of carbonyl (C=O) groups excluding carboxylic acids is 1. The summed E-state index contributed by atoms with van der Waals surface area (Å²) >= 11 is 2.88. The molecule has 23 heavy (non-hydrogen) atoms. The van der Waals surface area contributed by atoms with Crippen molar-refractivity contribution in [2.24, 2.45) is 5.92 Å². The maximum Gasteiger partial charge on any atom is 0.354 e. The largest absolute Gasteiger partial charge is 0.477 e. The summed E-state index contributed by atoms with van der Waals surface area (Å²) in [6.07, 6.45) is 3.70. The molecule has 1 aromatic rings. The van der Waals surface area contributed by atoms with Crippen LogP contribution in [0, 0.1) is 5.92 Å². The van der Waals surface area contributed by atoms with E-state index in [9.17, 15) is 19.8 Å². The van der Waals surface area contributed by atoms with Crippen molar-refractivity contribution in [3.05, 3.63) is 28.2 Å². The zero-order chi connectivity index (χ0) is 16.3. The van der Waals surface area contributed by atoms with Gasteiger partial charge >= 0.3 is 5.97 Å². The minimum Gasteiger partial charge on any atom is -0.477 e. The molecule has 0 saturated carbocycles. The Morgan fingerprint density at radius 3 is 3.00 bits per heavy atom. The van der Waals surface area contributed by atoms with Crippen LogP contribution < -0.4 is 0 Å². The number of carboxylic acids is 1. The van der Waals surface area contributed by atoms with Crippen molar-refractivity contribution in [3.63, 3.8) is 0 Å². The van der Waals surface area contributed by atoms with E-state index in [4.69, 9.17) is 0 Å². The number of aromatic nitrogens is 2. The summed E-state index contributed by atoms with van der Waals surface area (Å²) in [6.45, 7) is 2.36. The molecule has 4 rings (SSSR count). The monoisotopic (exact) mass is 353 g/mol. The van der Waals surface area contributed by atoms with E-state index in [0.717, 1.165) is 18.8 Å². The fourth-order valence-corrected chi connectivity index (χ4v) is 6.56. The molecule has 7 nitrogen and oxygen atoms in total. The van der Waals surface area contributed by atoms with Crippen LogP contribution in [0.3, 0.4) is 0 Å². The highest BCUT2D eigenvalue weighted by atomic mass is 32.2. The normalized spacial score (nSPS) is 30.3. The summed E-state index contributed by atoms with van der Waals surface area (Å²) in [4.78, 5) is 29.4. The number of hydrogen-bond donors (Lipinski definition) is 2. The van der Waals surface area contributed by atoms with Crippen molar-refractivity contribution < 1.29 is 19.8 Å². The van der Waals surface area contributed by atoms with Gasteiger partial charge in [0.15, 0.2) is 5.70 Å². The maximum atomic E-state index is 12.2. The highest BCUT2D eigenvalue weighted by Crippen LogP contribution is 2.55. The zero-order valence-corrected chi connectivity index (χ0v) is 13.9. The second-order valence-corrected chi connectivity index (χ2v) is 8.56. The Hall–Kier alpha value is -1.45. The van der Waals surface area contributed by atoms with Gasteiger partial charge in [-0.25, -0.2) is 9.78 Å². The lowest BCUT2D eigenvalue weighted by Gasteiger charge is -2.43. The number of thioether (sulfide) groups is 2. The third kappa shape index (κ3) is 2.21. The van der Waals surface area contributed by atoms with Gasteiger partial charge in [0.05, 0.1) is 16.3 Å². The van der Waals surface area contributed by atoms with Gasteiger partial charge in [0, 0.05) is 30.6 Å². The zero-order valence-electron chi connectivity index (χ0n) is 12.2. The fraction of sp³-hybridized carbons (Fsp3) is 0.500. The quantitative estimate of drug-likeness (QED) is 0.770. The molecule has 0 radical (unpaired) electrons. The van der Waals surface area contributed by atoms with Gasteiger partial charge in [0.1, 0.15) is 11.2 Å². The molecule has 0 aromatic carbocycles. The van der Waals surface area contributed by atoms with Gasteiger partial charge in [-0.15, -0.1) is 11.8 Å². The number of aliphatic carboxylic acids is 1. The maximum absolute atomic E-state index is 12.2. The SMILES string of the molecule is C[C@@H](O)[C@H]1C(=O)N2C(C(=O)O)=C(S[C@@H]3Cc4nccn4C3)S[C@H]12. The van der Waals surface area contributed by atoms with Crippen LogP contribution in [0.25, 0.3) is 0 Å². The van der Waals surface area contributed by atoms with Gasteiger partial charge in [-0.2, -0.15) is 0 Å². The van der Waals surface area contributed by atoms with E-state index in [-0.39, 0.29) is 22.2 Å². The summed E-state index contributed by atoms with van der Waals surface area (Å²) in [5.41, 5.74) is 0.0661. The van der Waals surface area contributed by atoms with Crippen LogP contribution in [0.4, 0.5) is 0 Å². The number of nitrogens with zero attached hydrogens (tertiary/aromatic N) is 3. The molecule has 1 saturated heterocycles. The van der Waals surface area contributed by atoms with Crippen LogP contribution in [-0.4, -0.2) is 53.3 Å². The first kappa shape index (κ1) is 15.1. The van der Waals surface area contributed by atoms with Crippen LogP contribution in [-0.2, 0) is 22.6 Å². The lowest BCUT2D eigenvalue weighted by atomic mass is 9.92. The highest BCUT2D eigenvalue weighted by molar-refractivity contribution is 8.23. The summed E-state index contributed by atoms with van der Waals surface area (Å²) in [5.74, 6) is -0.906. The molecule has 2 N–H and O–H groups in total. The topological polar surface area (TPSA) is 95.7 Å². The van der Waals surface area contributed by atoms with Gasteiger partial charge in [-0.3, -0.25) is 9.69 Å². The Morgan fingerprint density at radius 1 is 1.57 bits per heavy atom. The summed E-state index contributed by atoms with van der Waals surface area (Å²) < 4.78 is 2.73. The van der Waals surface area contributed by atoms with Crippen molar-refractivity contribution in [3.8, 4) is 0 Å². The van der Waals surface area contributed by atoms with Crippen molar-refractivity contribution in [1.82, 2.24) is 14.5 Å². The van der Waals surface area contributed by atoms with E-state index < -0.39 is 18.0 Å². The van der Waals surface area contributed by atoms with E-state index in [1.165, 1.54) is 28.4 Å². The number of carbonyl (C=O) groups is 2. The fourth-order valence-electron chi connectivity index (χ4n) is 3.25. The van der Waals surface area contributed by atoms with Crippen LogP contribution in [0.2, 0.25) is 0 Å². The van der Waals surface area contributed by atoms with Gasteiger partial charge < -0.3 is 14.8 Å². The van der Waals surface area contributed by atoms with Crippen LogP contribution in [0.1, 0.15) is 12.7 Å². The van der Waals surface area contributed by atoms with Crippen molar-refractivity contribution in [1.29, 1.82) is 0 Å². The molecule has 122 valence electrons. The molecule has 0 bridgehead atoms. The number of hydrogen-bond acceptors (Lipinski definition) is 6. The minimum absolute atomic E-state index is 0.0661. The first-order valence-electron chi connectivity index (χ1n) is 7.29. The van der Waals surface area contributed by atoms with Gasteiger partial charge in [-0.05, 0) is 6.92 Å². The van der Waals surface area contributed by atoms with Gasteiger partial charge in [-0.1, -0.05) is 11.8 Å². The van der Waals surface area contributed by atoms with E-state index in [2.05, 4.69) is 9.55 Å². The second kappa shape index (κ2) is 5.29. The molecule has 0 unspecified atom stereocenters. The molecule has 1 aromatic heterocycles. The van der Waals surface area contributed by atoms with Gasteiger partial charge in [0.25, 0.3) is 0 Å². The van der Waals surface area contributed by atoms with Crippen LogP contribution in [0.15, 0.2) is 22.3 Å². The Labute approximate surface area is 140 Å². The average molecular weight is 353 g/mol. The van der Waals surface area contributed by atoms with Crippen molar-refractivity contribution in [2.45, 2.75) is 36.6 Å². The number of aliphatic hydroxyl groups excluding tert-OH is 1.